The number of nitrogens with one attached hydrogen (secondary N) is 3. The van der Waals surface area contributed by atoms with Crippen molar-refractivity contribution in [3.63, 3.8) is 0 Å². The molecule has 2 aromatic carbocycles. The third-order valence-electron chi connectivity index (χ3n) is 6.30. The predicted molar refractivity (Wildman–Crippen MR) is 137 cm³/mol. The molecule has 2 aromatic rings. The van der Waals surface area contributed by atoms with Gasteiger partial charge in [0.1, 0.15) is 0 Å². The first kappa shape index (κ1) is 26.1. The molecule has 1 aliphatic rings. The van der Waals surface area contributed by atoms with E-state index in [0.717, 1.165) is 16.9 Å². The Balaban J connectivity index is 1.41. The molecule has 3 rings (SSSR count). The van der Waals surface area contributed by atoms with Crippen LogP contribution in [0.15, 0.2) is 42.5 Å². The molecule has 0 aromatic heterocycles. The summed E-state index contributed by atoms with van der Waals surface area (Å²) in [5, 5.41) is 9.34. The van der Waals surface area contributed by atoms with Gasteiger partial charge >= 0.3 is 6.09 Å². The Hall–Kier alpha value is -3.55. The standard InChI is InChI=1S/C27H36N4O4/c1-4-35-27(34)31-17-14-21(15-18-31)29-25(32)13-8-16-28-26(33)22-10-5-6-11-24(22)30-23-12-7-9-19(2)20(23)3/h5-7,9-12,21,30H,4,8,13-18H2,1-3H3,(H,28,33)(H,29,32). The average molecular weight is 481 g/mol. The van der Waals surface area contributed by atoms with Crippen molar-refractivity contribution >= 4 is 29.3 Å². The first-order valence-electron chi connectivity index (χ1n) is 12.3. The van der Waals surface area contributed by atoms with E-state index in [-0.39, 0.29) is 23.9 Å². The number of nitrogens with zero attached hydrogens (tertiary/aromatic N) is 1. The van der Waals surface area contributed by atoms with Crippen molar-refractivity contribution in [3.05, 3.63) is 59.2 Å². The van der Waals surface area contributed by atoms with Gasteiger partial charge in [0, 0.05) is 37.8 Å². The molecule has 8 heteroatoms. The number of carbonyl (C=O) groups excluding carboxylic acids is 3. The second-order valence-corrected chi connectivity index (χ2v) is 8.81. The zero-order valence-electron chi connectivity index (χ0n) is 20.9. The molecule has 0 radical (unpaired) electrons. The highest BCUT2D eigenvalue weighted by atomic mass is 16.6. The maximum atomic E-state index is 12.8. The molecular formula is C27H36N4O4. The number of likely N-dealkylation sites (tertiary alicyclic amines) is 1. The van der Waals surface area contributed by atoms with Gasteiger partial charge in [-0.05, 0) is 69.4 Å². The van der Waals surface area contributed by atoms with Gasteiger partial charge in [-0.1, -0.05) is 24.3 Å². The van der Waals surface area contributed by atoms with Crippen LogP contribution < -0.4 is 16.0 Å². The van der Waals surface area contributed by atoms with E-state index in [1.165, 1.54) is 5.56 Å². The number of benzene rings is 2. The fraction of sp³-hybridized carbons (Fsp3) is 0.444. The highest BCUT2D eigenvalue weighted by molar-refractivity contribution is 6.00. The summed E-state index contributed by atoms with van der Waals surface area (Å²) in [6, 6.07) is 13.5. The molecule has 35 heavy (non-hydrogen) atoms. The van der Waals surface area contributed by atoms with E-state index < -0.39 is 0 Å². The Bertz CT molecular complexity index is 1030. The lowest BCUT2D eigenvalue weighted by Gasteiger charge is -2.31. The van der Waals surface area contributed by atoms with Gasteiger partial charge in [0.15, 0.2) is 0 Å². The molecule has 3 N–H and O–H groups in total. The van der Waals surface area contributed by atoms with Crippen LogP contribution in [-0.4, -0.2) is 55.1 Å². The Kier molecular flexibility index (Phi) is 9.52. The van der Waals surface area contributed by atoms with Gasteiger partial charge < -0.3 is 25.6 Å². The number of para-hydroxylation sites is 1. The minimum atomic E-state index is -0.293. The smallest absolute Gasteiger partial charge is 0.409 e. The molecule has 8 nitrogen and oxygen atoms in total. The van der Waals surface area contributed by atoms with Crippen LogP contribution in [0.25, 0.3) is 0 Å². The van der Waals surface area contributed by atoms with Crippen LogP contribution in [-0.2, 0) is 9.53 Å². The molecule has 1 aliphatic heterocycles. The fourth-order valence-corrected chi connectivity index (χ4v) is 4.09. The fourth-order valence-electron chi connectivity index (χ4n) is 4.09. The van der Waals surface area contributed by atoms with Crippen LogP contribution in [0, 0.1) is 13.8 Å². The largest absolute Gasteiger partial charge is 0.450 e. The Morgan fingerprint density at radius 2 is 1.71 bits per heavy atom. The zero-order valence-corrected chi connectivity index (χ0v) is 20.9. The van der Waals surface area contributed by atoms with E-state index in [2.05, 4.69) is 35.9 Å². The van der Waals surface area contributed by atoms with Crippen LogP contribution in [0.5, 0.6) is 0 Å². The maximum Gasteiger partial charge on any atom is 0.409 e. The number of amides is 3. The molecule has 1 saturated heterocycles. The number of aryl methyl sites for hydroxylation is 1. The van der Waals surface area contributed by atoms with Crippen LogP contribution in [0.2, 0.25) is 0 Å². The molecule has 0 unspecified atom stereocenters. The van der Waals surface area contributed by atoms with Crippen molar-refractivity contribution in [1.82, 2.24) is 15.5 Å². The number of rotatable bonds is 9. The highest BCUT2D eigenvalue weighted by Crippen LogP contribution is 2.25. The topological polar surface area (TPSA) is 99.8 Å². The summed E-state index contributed by atoms with van der Waals surface area (Å²) in [7, 11) is 0. The number of ether oxygens (including phenoxy) is 1. The summed E-state index contributed by atoms with van der Waals surface area (Å²) >= 11 is 0. The van der Waals surface area contributed by atoms with Gasteiger partial charge in [-0.15, -0.1) is 0 Å². The minimum Gasteiger partial charge on any atom is -0.450 e. The normalized spacial score (nSPS) is 13.7. The van der Waals surface area contributed by atoms with Gasteiger partial charge in [-0.2, -0.15) is 0 Å². The van der Waals surface area contributed by atoms with Gasteiger partial charge in [-0.3, -0.25) is 9.59 Å². The van der Waals surface area contributed by atoms with E-state index in [1.54, 1.807) is 17.9 Å². The third-order valence-corrected chi connectivity index (χ3v) is 6.30. The van der Waals surface area contributed by atoms with Crippen LogP contribution in [0.1, 0.15) is 54.1 Å². The Labute approximate surface area is 207 Å². The second kappa shape index (κ2) is 12.8. The first-order valence-corrected chi connectivity index (χ1v) is 12.3. The van der Waals surface area contributed by atoms with Crippen molar-refractivity contribution in [2.75, 3.05) is 31.6 Å². The maximum absolute atomic E-state index is 12.8. The molecule has 0 aliphatic carbocycles. The van der Waals surface area contributed by atoms with Gasteiger partial charge in [0.25, 0.3) is 5.91 Å². The lowest BCUT2D eigenvalue weighted by atomic mass is 10.1. The lowest BCUT2D eigenvalue weighted by molar-refractivity contribution is -0.122. The van der Waals surface area contributed by atoms with E-state index in [9.17, 15) is 14.4 Å². The molecule has 0 bridgehead atoms. The second-order valence-electron chi connectivity index (χ2n) is 8.81. The summed E-state index contributed by atoms with van der Waals surface area (Å²) in [6.07, 6.45) is 2.02. The monoisotopic (exact) mass is 480 g/mol. The summed E-state index contributed by atoms with van der Waals surface area (Å²) in [5.74, 6) is -0.212. The van der Waals surface area contributed by atoms with Crippen molar-refractivity contribution in [3.8, 4) is 0 Å². The van der Waals surface area contributed by atoms with E-state index in [0.29, 0.717) is 57.5 Å². The molecule has 1 fully saturated rings. The lowest BCUT2D eigenvalue weighted by Crippen LogP contribution is -2.46. The molecule has 0 saturated carbocycles. The third kappa shape index (κ3) is 7.47. The van der Waals surface area contributed by atoms with Crippen LogP contribution in [0.4, 0.5) is 16.2 Å². The van der Waals surface area contributed by atoms with Crippen molar-refractivity contribution < 1.29 is 19.1 Å². The molecular weight excluding hydrogens is 444 g/mol. The van der Waals surface area contributed by atoms with E-state index in [4.69, 9.17) is 4.74 Å². The molecule has 0 atom stereocenters. The van der Waals surface area contributed by atoms with E-state index in [1.807, 2.05) is 30.3 Å². The van der Waals surface area contributed by atoms with Crippen LogP contribution in [0.3, 0.4) is 0 Å². The van der Waals surface area contributed by atoms with Crippen LogP contribution >= 0.6 is 0 Å². The Morgan fingerprint density at radius 1 is 1.00 bits per heavy atom. The van der Waals surface area contributed by atoms with Gasteiger partial charge in [0.2, 0.25) is 5.91 Å². The van der Waals surface area contributed by atoms with Crippen molar-refractivity contribution in [2.24, 2.45) is 0 Å². The van der Waals surface area contributed by atoms with Gasteiger partial charge in [-0.25, -0.2) is 4.79 Å². The number of hydrogen-bond donors (Lipinski definition) is 3. The molecule has 1 heterocycles. The number of hydrogen-bond acceptors (Lipinski definition) is 5. The summed E-state index contributed by atoms with van der Waals surface area (Å²) in [6.45, 7) is 7.82. The van der Waals surface area contributed by atoms with Crippen molar-refractivity contribution in [2.45, 2.75) is 52.5 Å². The molecule has 188 valence electrons. The summed E-state index contributed by atoms with van der Waals surface area (Å²) in [5.41, 5.74) is 4.59. The Morgan fingerprint density at radius 3 is 2.46 bits per heavy atom. The quantitative estimate of drug-likeness (QED) is 0.465. The van der Waals surface area contributed by atoms with Gasteiger partial charge in [0.05, 0.1) is 17.9 Å². The van der Waals surface area contributed by atoms with Crippen molar-refractivity contribution in [1.29, 1.82) is 0 Å². The number of carbonyl (C=O) groups is 3. The summed E-state index contributed by atoms with van der Waals surface area (Å²) < 4.78 is 5.02. The predicted octanol–water partition coefficient (Wildman–Crippen LogP) is 4.29. The zero-order chi connectivity index (χ0) is 25.2. The SMILES string of the molecule is CCOC(=O)N1CCC(NC(=O)CCCNC(=O)c2ccccc2Nc2cccc(C)c2C)CC1. The molecule has 0 spiro atoms. The number of piperidine rings is 1. The summed E-state index contributed by atoms with van der Waals surface area (Å²) in [4.78, 5) is 38.6. The average Bonchev–Trinajstić information content (AvgIpc) is 2.85. The highest BCUT2D eigenvalue weighted by Gasteiger charge is 2.24. The first-order chi connectivity index (χ1) is 16.9. The van der Waals surface area contributed by atoms with E-state index >= 15 is 0 Å². The number of anilines is 2. The molecule has 3 amide bonds. The minimum absolute atomic E-state index is 0.0363.